The standard InChI is InChI=1S/C17H17Cl2NO3/c1-22-15-8-7-11(18)9-13(15)17(21)20-10-16(23-2)12-5-3-4-6-14(12)19/h3-9,16H,10H2,1-2H3,(H,20,21)/t16-/m1/s1. The molecule has 0 radical (unpaired) electrons. The first kappa shape index (κ1) is 17.6. The Kier molecular flexibility index (Phi) is 6.28. The molecule has 0 aromatic heterocycles. The van der Waals surface area contributed by atoms with Crippen LogP contribution in [0, 0.1) is 0 Å². The second-order valence-corrected chi connectivity index (χ2v) is 5.64. The number of methoxy groups -OCH3 is 2. The summed E-state index contributed by atoms with van der Waals surface area (Å²) in [6, 6.07) is 12.2. The zero-order valence-electron chi connectivity index (χ0n) is 12.8. The minimum Gasteiger partial charge on any atom is -0.496 e. The van der Waals surface area contributed by atoms with Crippen LogP contribution in [0.25, 0.3) is 0 Å². The highest BCUT2D eigenvalue weighted by Gasteiger charge is 2.17. The topological polar surface area (TPSA) is 47.6 Å². The van der Waals surface area contributed by atoms with Crippen molar-refractivity contribution in [2.75, 3.05) is 20.8 Å². The number of rotatable bonds is 6. The second-order valence-electron chi connectivity index (χ2n) is 4.80. The van der Waals surface area contributed by atoms with Crippen LogP contribution < -0.4 is 10.1 Å². The Hall–Kier alpha value is -1.75. The lowest BCUT2D eigenvalue weighted by Gasteiger charge is -2.18. The third kappa shape index (κ3) is 4.38. The van der Waals surface area contributed by atoms with Crippen LogP contribution >= 0.6 is 23.2 Å². The van der Waals surface area contributed by atoms with Crippen molar-refractivity contribution >= 4 is 29.1 Å². The number of amides is 1. The van der Waals surface area contributed by atoms with Crippen LogP contribution in [0.3, 0.4) is 0 Å². The van der Waals surface area contributed by atoms with E-state index in [1.807, 2.05) is 18.2 Å². The van der Waals surface area contributed by atoms with E-state index in [-0.39, 0.29) is 18.6 Å². The van der Waals surface area contributed by atoms with Crippen molar-refractivity contribution in [3.05, 3.63) is 63.6 Å². The van der Waals surface area contributed by atoms with Crippen LogP contribution in [0.1, 0.15) is 22.0 Å². The molecule has 0 unspecified atom stereocenters. The molecule has 1 amide bonds. The van der Waals surface area contributed by atoms with Crippen LogP contribution in [-0.4, -0.2) is 26.7 Å². The van der Waals surface area contributed by atoms with Gasteiger partial charge in [-0.1, -0.05) is 41.4 Å². The summed E-state index contributed by atoms with van der Waals surface area (Å²) in [5, 5.41) is 3.87. The predicted molar refractivity (Wildman–Crippen MR) is 91.5 cm³/mol. The van der Waals surface area contributed by atoms with Gasteiger partial charge in [0, 0.05) is 29.3 Å². The van der Waals surface area contributed by atoms with Gasteiger partial charge in [-0.25, -0.2) is 0 Å². The van der Waals surface area contributed by atoms with Crippen molar-refractivity contribution < 1.29 is 14.3 Å². The van der Waals surface area contributed by atoms with Gasteiger partial charge in [0.05, 0.1) is 12.7 Å². The zero-order chi connectivity index (χ0) is 16.8. The van der Waals surface area contributed by atoms with Crippen molar-refractivity contribution in [2.24, 2.45) is 0 Å². The van der Waals surface area contributed by atoms with E-state index in [1.165, 1.54) is 7.11 Å². The van der Waals surface area contributed by atoms with Crippen molar-refractivity contribution in [2.45, 2.75) is 6.10 Å². The van der Waals surface area contributed by atoms with Gasteiger partial charge in [0.15, 0.2) is 0 Å². The van der Waals surface area contributed by atoms with Gasteiger partial charge < -0.3 is 14.8 Å². The Morgan fingerprint density at radius 2 is 1.91 bits per heavy atom. The first-order chi connectivity index (χ1) is 11.1. The molecular weight excluding hydrogens is 337 g/mol. The Labute approximate surface area is 145 Å². The Morgan fingerprint density at radius 3 is 2.57 bits per heavy atom. The summed E-state index contributed by atoms with van der Waals surface area (Å²) < 4.78 is 10.6. The molecule has 1 N–H and O–H groups in total. The van der Waals surface area contributed by atoms with Gasteiger partial charge in [-0.15, -0.1) is 0 Å². The fourth-order valence-corrected chi connectivity index (χ4v) is 2.62. The highest BCUT2D eigenvalue weighted by Crippen LogP contribution is 2.25. The first-order valence-electron chi connectivity index (χ1n) is 6.95. The second kappa shape index (κ2) is 8.20. The first-order valence-corrected chi connectivity index (χ1v) is 7.71. The number of benzene rings is 2. The van der Waals surface area contributed by atoms with Gasteiger partial charge in [-0.2, -0.15) is 0 Å². The Balaban J connectivity index is 2.12. The smallest absolute Gasteiger partial charge is 0.255 e. The molecule has 0 aliphatic carbocycles. The molecule has 6 heteroatoms. The van der Waals surface area contributed by atoms with Crippen molar-refractivity contribution in [1.29, 1.82) is 0 Å². The quantitative estimate of drug-likeness (QED) is 0.849. The molecule has 0 bridgehead atoms. The maximum Gasteiger partial charge on any atom is 0.255 e. The molecule has 0 fully saturated rings. The maximum atomic E-state index is 12.4. The SMILES string of the molecule is COc1ccc(Cl)cc1C(=O)NC[C@@H](OC)c1ccccc1Cl. The fourth-order valence-electron chi connectivity index (χ4n) is 2.19. The largest absolute Gasteiger partial charge is 0.496 e. The summed E-state index contributed by atoms with van der Waals surface area (Å²) in [4.78, 5) is 12.4. The molecule has 23 heavy (non-hydrogen) atoms. The molecule has 2 aromatic rings. The van der Waals surface area contributed by atoms with E-state index < -0.39 is 0 Å². The molecule has 122 valence electrons. The van der Waals surface area contributed by atoms with Crippen LogP contribution in [0.2, 0.25) is 10.0 Å². The normalized spacial score (nSPS) is 11.8. The summed E-state index contributed by atoms with van der Waals surface area (Å²) in [6.07, 6.45) is -0.349. The molecule has 0 heterocycles. The molecule has 0 saturated carbocycles. The predicted octanol–water partition coefficient (Wildman–Crippen LogP) is 4.12. The minimum atomic E-state index is -0.349. The van der Waals surface area contributed by atoms with E-state index in [0.29, 0.717) is 21.4 Å². The van der Waals surface area contributed by atoms with E-state index in [9.17, 15) is 4.79 Å². The van der Waals surface area contributed by atoms with E-state index in [0.717, 1.165) is 5.56 Å². The molecule has 0 aliphatic heterocycles. The number of hydrogen-bond acceptors (Lipinski definition) is 3. The summed E-state index contributed by atoms with van der Waals surface area (Å²) >= 11 is 12.1. The molecule has 4 nitrogen and oxygen atoms in total. The number of halogens is 2. The lowest BCUT2D eigenvalue weighted by atomic mass is 10.1. The number of carbonyl (C=O) groups excluding carboxylic acids is 1. The van der Waals surface area contributed by atoms with Gasteiger partial charge >= 0.3 is 0 Å². The minimum absolute atomic E-state index is 0.273. The van der Waals surface area contributed by atoms with Gasteiger partial charge in [0.25, 0.3) is 5.91 Å². The van der Waals surface area contributed by atoms with E-state index >= 15 is 0 Å². The number of hydrogen-bond donors (Lipinski definition) is 1. The molecule has 2 aromatic carbocycles. The molecule has 2 rings (SSSR count). The Bertz CT molecular complexity index is 691. The average Bonchev–Trinajstić information content (AvgIpc) is 2.56. The summed E-state index contributed by atoms with van der Waals surface area (Å²) in [6.45, 7) is 0.273. The molecule has 1 atom stereocenters. The van der Waals surface area contributed by atoms with Gasteiger partial charge in [-0.05, 0) is 24.3 Å². The summed E-state index contributed by atoms with van der Waals surface area (Å²) in [5.74, 6) is 0.164. The third-order valence-corrected chi connectivity index (χ3v) is 3.97. The third-order valence-electron chi connectivity index (χ3n) is 3.39. The van der Waals surface area contributed by atoms with Crippen LogP contribution in [0.4, 0.5) is 0 Å². The summed E-state index contributed by atoms with van der Waals surface area (Å²) in [5.41, 5.74) is 1.18. The van der Waals surface area contributed by atoms with Gasteiger partial charge in [0.1, 0.15) is 11.9 Å². The lowest BCUT2D eigenvalue weighted by molar-refractivity contribution is 0.0826. The van der Waals surface area contributed by atoms with E-state index in [1.54, 1.807) is 31.4 Å². The number of ether oxygens (including phenoxy) is 2. The maximum absolute atomic E-state index is 12.4. The van der Waals surface area contributed by atoms with Crippen LogP contribution in [-0.2, 0) is 4.74 Å². The lowest BCUT2D eigenvalue weighted by Crippen LogP contribution is -2.29. The van der Waals surface area contributed by atoms with Gasteiger partial charge in [-0.3, -0.25) is 4.79 Å². The molecule has 0 aliphatic rings. The number of carbonyl (C=O) groups is 1. The highest BCUT2D eigenvalue weighted by atomic mass is 35.5. The molecule has 0 spiro atoms. The molecule has 0 saturated heterocycles. The van der Waals surface area contributed by atoms with Gasteiger partial charge in [0.2, 0.25) is 0 Å². The molecular formula is C17H17Cl2NO3. The number of nitrogens with one attached hydrogen (secondary N) is 1. The summed E-state index contributed by atoms with van der Waals surface area (Å²) in [7, 11) is 3.07. The van der Waals surface area contributed by atoms with Crippen LogP contribution in [0.15, 0.2) is 42.5 Å². The van der Waals surface area contributed by atoms with Crippen molar-refractivity contribution in [3.63, 3.8) is 0 Å². The van der Waals surface area contributed by atoms with E-state index in [4.69, 9.17) is 32.7 Å². The highest BCUT2D eigenvalue weighted by molar-refractivity contribution is 6.31. The van der Waals surface area contributed by atoms with E-state index in [2.05, 4.69) is 5.32 Å². The monoisotopic (exact) mass is 353 g/mol. The zero-order valence-corrected chi connectivity index (χ0v) is 14.3. The van der Waals surface area contributed by atoms with Crippen LogP contribution in [0.5, 0.6) is 5.75 Å². The Morgan fingerprint density at radius 1 is 1.17 bits per heavy atom. The van der Waals surface area contributed by atoms with Crippen molar-refractivity contribution in [1.82, 2.24) is 5.32 Å². The average molecular weight is 354 g/mol. The van der Waals surface area contributed by atoms with Crippen molar-refractivity contribution in [3.8, 4) is 5.75 Å². The fraction of sp³-hybridized carbons (Fsp3) is 0.235.